The highest BCUT2D eigenvalue weighted by Crippen LogP contribution is 2.35. The molecule has 2 heterocycles. The number of aryl methyl sites for hydroxylation is 1. The van der Waals surface area contributed by atoms with Crippen LogP contribution in [-0.2, 0) is 6.42 Å². The lowest BCUT2D eigenvalue weighted by Gasteiger charge is -2.27. The monoisotopic (exact) mass is 327 g/mol. The van der Waals surface area contributed by atoms with E-state index >= 15 is 0 Å². The second-order valence-corrected chi connectivity index (χ2v) is 5.84. The maximum atomic E-state index is 11.7. The topological polar surface area (TPSA) is 84.2 Å². The number of rotatable bonds is 5. The number of benzene rings is 1. The Morgan fingerprint density at radius 2 is 1.96 bits per heavy atom. The van der Waals surface area contributed by atoms with E-state index in [0.29, 0.717) is 5.82 Å². The minimum absolute atomic E-state index is 0.0506. The quantitative estimate of drug-likeness (QED) is 0.666. The Hall–Kier alpha value is -2.70. The fourth-order valence-corrected chi connectivity index (χ4v) is 3.04. The molecular formula is C17H21N5O2. The lowest BCUT2D eigenvalue weighted by molar-refractivity contribution is -0.383. The average molecular weight is 327 g/mol. The van der Waals surface area contributed by atoms with Crippen LogP contribution in [0.3, 0.4) is 0 Å². The Bertz CT molecular complexity index is 729. The summed E-state index contributed by atoms with van der Waals surface area (Å²) in [6.07, 6.45) is 5.45. The van der Waals surface area contributed by atoms with E-state index < -0.39 is 0 Å². The lowest BCUT2D eigenvalue weighted by atomic mass is 10.1. The molecular weight excluding hydrogens is 306 g/mol. The second kappa shape index (κ2) is 7.25. The van der Waals surface area contributed by atoms with Crippen molar-refractivity contribution in [3.63, 3.8) is 0 Å². The molecule has 24 heavy (non-hydrogen) atoms. The third-order valence-electron chi connectivity index (χ3n) is 4.29. The second-order valence-electron chi connectivity index (χ2n) is 5.84. The molecule has 0 radical (unpaired) electrons. The van der Waals surface area contributed by atoms with Gasteiger partial charge < -0.3 is 10.2 Å². The summed E-state index contributed by atoms with van der Waals surface area (Å²) in [6.45, 7) is 3.64. The number of aromatic nitrogens is 2. The number of anilines is 3. The Balaban J connectivity index is 1.99. The molecule has 0 atom stereocenters. The number of nitro groups is 1. The van der Waals surface area contributed by atoms with Crippen LogP contribution in [0.1, 0.15) is 31.7 Å². The van der Waals surface area contributed by atoms with E-state index in [4.69, 9.17) is 0 Å². The van der Waals surface area contributed by atoms with Gasteiger partial charge in [-0.3, -0.25) is 10.1 Å². The first-order valence-corrected chi connectivity index (χ1v) is 8.30. The Labute approximate surface area is 140 Å². The fourth-order valence-electron chi connectivity index (χ4n) is 3.04. The highest BCUT2D eigenvalue weighted by molar-refractivity contribution is 5.75. The minimum atomic E-state index is -0.388. The molecule has 7 nitrogen and oxygen atoms in total. The molecule has 7 heteroatoms. The van der Waals surface area contributed by atoms with Crippen molar-refractivity contribution in [1.29, 1.82) is 0 Å². The van der Waals surface area contributed by atoms with Crippen LogP contribution in [0, 0.1) is 10.1 Å². The van der Waals surface area contributed by atoms with Crippen LogP contribution < -0.4 is 10.2 Å². The molecule has 3 rings (SSSR count). The summed E-state index contributed by atoms with van der Waals surface area (Å²) >= 11 is 0. The summed E-state index contributed by atoms with van der Waals surface area (Å²) in [5.74, 6) is 0.655. The van der Waals surface area contributed by atoms with Gasteiger partial charge in [0.05, 0.1) is 4.92 Å². The Morgan fingerprint density at radius 3 is 2.67 bits per heavy atom. The molecule has 0 spiro atoms. The zero-order valence-electron chi connectivity index (χ0n) is 13.7. The Morgan fingerprint density at radius 1 is 1.21 bits per heavy atom. The zero-order valence-corrected chi connectivity index (χ0v) is 13.7. The zero-order chi connectivity index (χ0) is 16.9. The molecule has 126 valence electrons. The number of para-hydroxylation sites is 1. The number of hydrogen-bond donors (Lipinski definition) is 1. The van der Waals surface area contributed by atoms with E-state index in [-0.39, 0.29) is 16.4 Å². The fraction of sp³-hybridized carbons (Fsp3) is 0.412. The van der Waals surface area contributed by atoms with Gasteiger partial charge in [-0.15, -0.1) is 0 Å². The van der Waals surface area contributed by atoms with Crippen molar-refractivity contribution in [3.8, 4) is 0 Å². The van der Waals surface area contributed by atoms with Crippen molar-refractivity contribution in [2.75, 3.05) is 23.3 Å². The molecule has 1 fully saturated rings. The summed E-state index contributed by atoms with van der Waals surface area (Å²) in [5.41, 5.74) is 1.88. The summed E-state index contributed by atoms with van der Waals surface area (Å²) in [5, 5.41) is 14.8. The van der Waals surface area contributed by atoms with Crippen molar-refractivity contribution in [3.05, 3.63) is 46.3 Å². The van der Waals surface area contributed by atoms with Crippen LogP contribution in [0.5, 0.6) is 0 Å². The normalized spacial score (nSPS) is 14.5. The van der Waals surface area contributed by atoms with Crippen LogP contribution in [0.25, 0.3) is 0 Å². The molecule has 1 aromatic heterocycles. The minimum Gasteiger partial charge on any atom is -0.351 e. The van der Waals surface area contributed by atoms with Crippen LogP contribution in [0.2, 0.25) is 0 Å². The molecule has 0 bridgehead atoms. The molecule has 0 saturated carbocycles. The number of nitrogens with zero attached hydrogens (tertiary/aromatic N) is 4. The third kappa shape index (κ3) is 3.29. The van der Waals surface area contributed by atoms with Gasteiger partial charge in [-0.25, -0.2) is 9.97 Å². The van der Waals surface area contributed by atoms with E-state index in [0.717, 1.165) is 50.0 Å². The largest absolute Gasteiger partial charge is 0.353 e. The van der Waals surface area contributed by atoms with Crippen molar-refractivity contribution < 1.29 is 4.92 Å². The molecule has 1 aliphatic heterocycles. The lowest BCUT2D eigenvalue weighted by Crippen LogP contribution is -2.31. The van der Waals surface area contributed by atoms with Gasteiger partial charge in [0, 0.05) is 18.8 Å². The first kappa shape index (κ1) is 16.2. The van der Waals surface area contributed by atoms with Gasteiger partial charge in [-0.2, -0.15) is 0 Å². The SMILES string of the molecule is CCc1ccccc1Nc1ncnc(N2CCCCC2)c1[N+](=O)[O-]. The van der Waals surface area contributed by atoms with Crippen LogP contribution in [0.15, 0.2) is 30.6 Å². The number of hydrogen-bond acceptors (Lipinski definition) is 6. The molecule has 1 N–H and O–H groups in total. The van der Waals surface area contributed by atoms with E-state index in [1.54, 1.807) is 0 Å². The molecule has 2 aromatic rings. The van der Waals surface area contributed by atoms with Crippen LogP contribution >= 0.6 is 0 Å². The number of nitrogens with one attached hydrogen (secondary N) is 1. The van der Waals surface area contributed by atoms with Crippen LogP contribution in [0.4, 0.5) is 23.0 Å². The average Bonchev–Trinajstić information content (AvgIpc) is 2.62. The van der Waals surface area contributed by atoms with Gasteiger partial charge in [0.1, 0.15) is 6.33 Å². The standard InChI is InChI=1S/C17H21N5O2/c1-2-13-8-4-5-9-14(13)20-16-15(22(23)24)17(19-12-18-16)21-10-6-3-7-11-21/h4-5,8-9,12H,2-3,6-7,10-11H2,1H3,(H,18,19,20). The summed E-state index contributed by atoms with van der Waals surface area (Å²) < 4.78 is 0. The molecule has 0 unspecified atom stereocenters. The molecule has 1 aromatic carbocycles. The van der Waals surface area contributed by atoms with Gasteiger partial charge >= 0.3 is 5.69 Å². The third-order valence-corrected chi connectivity index (χ3v) is 4.29. The van der Waals surface area contributed by atoms with Crippen molar-refractivity contribution in [2.45, 2.75) is 32.6 Å². The van der Waals surface area contributed by atoms with Crippen LogP contribution in [-0.4, -0.2) is 28.0 Å². The predicted molar refractivity (Wildman–Crippen MR) is 93.9 cm³/mol. The van der Waals surface area contributed by atoms with Gasteiger partial charge in [0.25, 0.3) is 0 Å². The highest BCUT2D eigenvalue weighted by Gasteiger charge is 2.28. The summed E-state index contributed by atoms with van der Waals surface area (Å²) in [6, 6.07) is 7.77. The first-order valence-electron chi connectivity index (χ1n) is 8.30. The maximum Gasteiger partial charge on any atom is 0.353 e. The molecule has 1 aliphatic rings. The highest BCUT2D eigenvalue weighted by atomic mass is 16.6. The van der Waals surface area contributed by atoms with E-state index in [1.165, 1.54) is 6.33 Å². The van der Waals surface area contributed by atoms with Crippen molar-refractivity contribution >= 4 is 23.0 Å². The van der Waals surface area contributed by atoms with Gasteiger partial charge in [0.15, 0.2) is 0 Å². The maximum absolute atomic E-state index is 11.7. The van der Waals surface area contributed by atoms with E-state index in [2.05, 4.69) is 15.3 Å². The summed E-state index contributed by atoms with van der Waals surface area (Å²) in [4.78, 5) is 21.6. The van der Waals surface area contributed by atoms with Gasteiger partial charge in [-0.1, -0.05) is 25.1 Å². The van der Waals surface area contributed by atoms with Crippen molar-refractivity contribution in [2.24, 2.45) is 0 Å². The number of piperidine rings is 1. The van der Waals surface area contributed by atoms with E-state index in [9.17, 15) is 10.1 Å². The molecule has 0 aliphatic carbocycles. The van der Waals surface area contributed by atoms with Gasteiger partial charge in [0.2, 0.25) is 11.6 Å². The molecule has 0 amide bonds. The Kier molecular flexibility index (Phi) is 4.88. The summed E-state index contributed by atoms with van der Waals surface area (Å²) in [7, 11) is 0. The van der Waals surface area contributed by atoms with E-state index in [1.807, 2.05) is 36.1 Å². The predicted octanol–water partition coefficient (Wildman–Crippen LogP) is 3.68. The first-order chi connectivity index (χ1) is 11.7. The van der Waals surface area contributed by atoms with Crippen molar-refractivity contribution in [1.82, 2.24) is 9.97 Å². The molecule has 1 saturated heterocycles. The van der Waals surface area contributed by atoms with Gasteiger partial charge in [-0.05, 0) is 37.3 Å². The smallest absolute Gasteiger partial charge is 0.351 e.